The van der Waals surface area contributed by atoms with E-state index in [1.165, 1.54) is 0 Å². The van der Waals surface area contributed by atoms with Crippen LogP contribution in [0.2, 0.25) is 52.4 Å². The second-order valence-electron chi connectivity index (χ2n) is 13.9. The van der Waals surface area contributed by atoms with Crippen molar-refractivity contribution in [2.24, 2.45) is 0 Å². The minimum absolute atomic E-state index is 0. The van der Waals surface area contributed by atoms with Crippen molar-refractivity contribution in [3.05, 3.63) is 97.6 Å². The third kappa shape index (κ3) is 33.9. The van der Waals surface area contributed by atoms with Crippen molar-refractivity contribution >= 4 is 70.4 Å². The quantitative estimate of drug-likeness (QED) is 0.160. The molecular formula is C36H64Cu3N4O19Si8. The number of fused-ring (bicyclic) bond motifs is 2. The summed E-state index contributed by atoms with van der Waals surface area (Å²) in [5.41, 5.74) is 3.66. The van der Waals surface area contributed by atoms with Gasteiger partial charge in [0.15, 0.2) is 0 Å². The Bertz CT molecular complexity index is 1650. The summed E-state index contributed by atoms with van der Waals surface area (Å²) in [4.78, 5) is 93.8. The molecular weight excluding hydrogens is 1210 g/mol. The summed E-state index contributed by atoms with van der Waals surface area (Å²) >= 11 is 0. The van der Waals surface area contributed by atoms with E-state index >= 15 is 0 Å². The molecule has 0 aromatic carbocycles. The minimum Gasteiger partial charge on any atom is -0.818 e. The Morgan fingerprint density at radius 2 is 0.486 bits per heavy atom. The van der Waals surface area contributed by atoms with Crippen LogP contribution in [-0.4, -0.2) is 137 Å². The van der Waals surface area contributed by atoms with Crippen LogP contribution < -0.4 is 28.8 Å². The Balaban J connectivity index is -0.000000458. The zero-order valence-corrected chi connectivity index (χ0v) is 51.5. The van der Waals surface area contributed by atoms with Crippen LogP contribution in [0.5, 0.6) is 0 Å². The van der Waals surface area contributed by atoms with Gasteiger partial charge in [0.05, 0.1) is 22.8 Å². The molecule has 0 saturated carbocycles. The summed E-state index contributed by atoms with van der Waals surface area (Å²) in [6.07, 6.45) is 7.07. The van der Waals surface area contributed by atoms with Crippen molar-refractivity contribution in [1.29, 1.82) is 0 Å². The normalized spacial score (nSPS) is 30.0. The number of nitrogens with zero attached hydrogens (tertiary/aromatic N) is 4. The maximum absolute atomic E-state index is 12.9. The van der Waals surface area contributed by atoms with Gasteiger partial charge in [-0.1, -0.05) is 24.3 Å². The summed E-state index contributed by atoms with van der Waals surface area (Å²) in [5.74, 6) is 0. The van der Waals surface area contributed by atoms with Crippen molar-refractivity contribution in [1.82, 2.24) is 19.9 Å². The van der Waals surface area contributed by atoms with Gasteiger partial charge >= 0.3 is 68.8 Å². The van der Waals surface area contributed by atoms with E-state index in [1.807, 2.05) is 72.8 Å². The van der Waals surface area contributed by atoms with Gasteiger partial charge in [0.2, 0.25) is 52.8 Å². The number of hydrogen-bond donors (Lipinski definition) is 4. The predicted molar refractivity (Wildman–Crippen MR) is 249 cm³/mol. The van der Waals surface area contributed by atoms with Crippen LogP contribution in [0.25, 0.3) is 22.8 Å². The molecule has 2 aliphatic rings. The molecule has 4 aromatic rings. The molecule has 8 atom stereocenters. The molecule has 0 aliphatic carbocycles. The number of hydrogen-bond acceptors (Lipinski definition) is 23. The summed E-state index contributed by atoms with van der Waals surface area (Å²) in [6, 6.07) is 23.2. The van der Waals surface area contributed by atoms with Crippen LogP contribution in [0.15, 0.2) is 97.6 Å². The molecule has 34 heteroatoms. The first-order valence-electron chi connectivity index (χ1n) is 20.6. The van der Waals surface area contributed by atoms with E-state index in [4.69, 9.17) is 57.5 Å². The van der Waals surface area contributed by atoms with E-state index in [0.29, 0.717) is 0 Å². The minimum atomic E-state index is -4.67. The van der Waals surface area contributed by atoms with E-state index in [1.54, 1.807) is 52.5 Å². The van der Waals surface area contributed by atoms with Gasteiger partial charge < -0.3 is 86.2 Å². The maximum atomic E-state index is 12.9. The fraction of sp³-hybridized carbons (Fsp3) is 0.444. The predicted octanol–water partition coefficient (Wildman–Crippen LogP) is -1.85. The molecule has 6 heterocycles. The van der Waals surface area contributed by atoms with E-state index in [2.05, 4.69) is 19.9 Å². The van der Waals surface area contributed by atoms with Gasteiger partial charge in [0.25, 0.3) is 0 Å². The zero-order valence-electron chi connectivity index (χ0n) is 40.7. The van der Waals surface area contributed by atoms with E-state index in [0.717, 1.165) is 75.2 Å². The molecule has 4 aromatic heterocycles. The van der Waals surface area contributed by atoms with Crippen LogP contribution in [0, 0.1) is 0 Å². The number of pyridine rings is 4. The Morgan fingerprint density at radius 3 is 0.629 bits per heavy atom. The van der Waals surface area contributed by atoms with Crippen molar-refractivity contribution in [2.45, 2.75) is 80.1 Å². The molecule has 3 radical (unpaired) electrons. The Hall–Kier alpha value is -0.866. The van der Waals surface area contributed by atoms with Gasteiger partial charge in [-0.05, 0) is 116 Å². The van der Waals surface area contributed by atoms with Crippen molar-refractivity contribution < 1.29 is 137 Å². The van der Waals surface area contributed by atoms with Gasteiger partial charge in [-0.3, -0.25) is 19.9 Å². The third-order valence-electron chi connectivity index (χ3n) is 6.52. The topological polar surface area (TPSA) is 354 Å². The molecule has 4 unspecified atom stereocenters. The van der Waals surface area contributed by atoms with Crippen LogP contribution in [0.1, 0.15) is 27.7 Å². The maximum Gasteiger partial charge on any atom is 2.00 e. The molecule has 2 aliphatic heterocycles. The molecule has 4 N–H and O–H groups in total. The van der Waals surface area contributed by atoms with Gasteiger partial charge in [-0.25, -0.2) is 0 Å². The molecule has 407 valence electrons. The zero-order chi connectivity index (χ0) is 51.6. The SMILES string of the molecule is CCO.CCO.CCO.CCO.C[Si]1([O-])O[Si@](C)([O-])O[Si]2(C)O[Si](C)(O[Si@@](C)([O-])O[Si](C)([O-])O[Si@@](C)([O-])O2)O[Si@](C)([O-])O1.[Cu+2].[Cu+2].[Cu+2].c1ccc(-c2ccccn2)nc1.c1ccc(-c2ccccn2)nc1. The largest absolute Gasteiger partial charge is 2.00 e. The van der Waals surface area contributed by atoms with Crippen LogP contribution >= 0.6 is 0 Å². The molecule has 2 fully saturated rings. The average molecular weight is 1270 g/mol. The first-order valence-corrected chi connectivity index (χ1v) is 38.4. The average Bonchev–Trinajstić information content (AvgIpc) is 3.17. The molecule has 2 saturated heterocycles. The summed E-state index contributed by atoms with van der Waals surface area (Å²) in [6.45, 7) is 15.5. The molecule has 2 bridgehead atoms. The fourth-order valence-electron chi connectivity index (χ4n) is 5.34. The monoisotopic (exact) mass is 1270 g/mol. The number of aliphatic hydroxyl groups excluding tert-OH is 4. The summed E-state index contributed by atoms with van der Waals surface area (Å²) in [5, 5.41) is 30.3. The van der Waals surface area contributed by atoms with Gasteiger partial charge in [-0.15, -0.1) is 0 Å². The molecule has 6 rings (SSSR count). The van der Waals surface area contributed by atoms with Crippen LogP contribution in [0.3, 0.4) is 0 Å². The molecule has 70 heavy (non-hydrogen) atoms. The van der Waals surface area contributed by atoms with Crippen LogP contribution in [-0.2, 0) is 88.2 Å². The first-order chi connectivity index (χ1) is 31.0. The third-order valence-corrected chi connectivity index (χ3v) is 33.2. The molecule has 0 amide bonds. The van der Waals surface area contributed by atoms with E-state index in [9.17, 15) is 28.8 Å². The Labute approximate surface area is 451 Å². The van der Waals surface area contributed by atoms with Crippen molar-refractivity contribution in [2.75, 3.05) is 26.4 Å². The summed E-state index contributed by atoms with van der Waals surface area (Å²) in [7, 11) is -36.9. The van der Waals surface area contributed by atoms with E-state index < -0.39 is 70.4 Å². The number of aromatic nitrogens is 4. The fourth-order valence-corrected chi connectivity index (χ4v) is 36.1. The van der Waals surface area contributed by atoms with E-state index in [-0.39, 0.29) is 77.6 Å². The van der Waals surface area contributed by atoms with Crippen LogP contribution in [0.4, 0.5) is 0 Å². The molecule has 23 nitrogen and oxygen atoms in total. The second-order valence-corrected chi connectivity index (χ2v) is 35.1. The van der Waals surface area contributed by atoms with Gasteiger partial charge in [0.1, 0.15) is 0 Å². The second kappa shape index (κ2) is 36.2. The molecule has 0 spiro atoms. The number of aliphatic hydroxyl groups is 4. The Kier molecular flexibility index (Phi) is 39.1. The number of rotatable bonds is 2. The van der Waals surface area contributed by atoms with Crippen molar-refractivity contribution in [3.63, 3.8) is 0 Å². The van der Waals surface area contributed by atoms with Gasteiger partial charge in [0, 0.05) is 64.3 Å². The first kappa shape index (κ1) is 75.6. The smallest absolute Gasteiger partial charge is 0.818 e. The standard InChI is InChI=1S/2C10H8N2.C8H24O15Si8.4C2H6O.3Cu/c2*1-3-7-11-9(5-1)10-6-2-4-8-12-10;1-24(9)15-26(3,11)19-30(7)21-28(5,13)17-25(2,10)18-29(6,14)22-31(8,23-30)20-27(4,12)16-24;4*1-2-3;;;/h2*1-8H;1-8H3;4*3H,2H2,1H3;;;/q;;-6;;;;;3*+2/t;;24?,25?,26-,27+,28+,29-,30?,31?;;;;;;;. The summed E-state index contributed by atoms with van der Waals surface area (Å²) < 4.78 is 47.1. The Morgan fingerprint density at radius 1 is 0.329 bits per heavy atom. The van der Waals surface area contributed by atoms with Gasteiger partial charge in [-0.2, -0.15) is 0 Å². The van der Waals surface area contributed by atoms with Crippen molar-refractivity contribution in [3.8, 4) is 22.8 Å².